The van der Waals surface area contributed by atoms with Gasteiger partial charge >= 0.3 is 0 Å². The summed E-state index contributed by atoms with van der Waals surface area (Å²) in [7, 11) is 0. The number of fused-ring (bicyclic) bond motifs is 1. The molecule has 3 rings (SSSR count). The van der Waals surface area contributed by atoms with Crippen LogP contribution < -0.4 is 5.32 Å². The van der Waals surface area contributed by atoms with Gasteiger partial charge in [-0.3, -0.25) is 0 Å². The van der Waals surface area contributed by atoms with Gasteiger partial charge in [-0.2, -0.15) is 0 Å². The maximum Gasteiger partial charge on any atom is 0.204 e. The lowest BCUT2D eigenvalue weighted by atomic mass is 9.93. The average molecular weight is 344 g/mol. The van der Waals surface area contributed by atoms with Crippen LogP contribution in [0.3, 0.4) is 0 Å². The zero-order valence-corrected chi connectivity index (χ0v) is 15.4. The van der Waals surface area contributed by atoms with Crippen molar-refractivity contribution in [1.29, 1.82) is 0 Å². The molecule has 2 N–H and O–H groups in total. The minimum Gasteiger partial charge on any atom is -0.392 e. The van der Waals surface area contributed by atoms with Gasteiger partial charge in [0.25, 0.3) is 0 Å². The Bertz CT molecular complexity index is 829. The van der Waals surface area contributed by atoms with Gasteiger partial charge in [0, 0.05) is 17.3 Å². The molecule has 0 fully saturated rings. The van der Waals surface area contributed by atoms with Crippen molar-refractivity contribution < 1.29 is 5.11 Å². The lowest BCUT2D eigenvalue weighted by molar-refractivity contribution is 0.208. The van der Waals surface area contributed by atoms with Crippen LogP contribution in [0.4, 0.5) is 5.95 Å². The summed E-state index contributed by atoms with van der Waals surface area (Å²) in [5.74, 6) is 0.768. The van der Waals surface area contributed by atoms with Gasteiger partial charge < -0.3 is 15.0 Å². The molecule has 1 unspecified atom stereocenters. The Morgan fingerprint density at radius 1 is 1.25 bits per heavy atom. The third kappa shape index (κ3) is 3.60. The van der Waals surface area contributed by atoms with E-state index in [0.29, 0.717) is 13.1 Å². The van der Waals surface area contributed by atoms with Gasteiger partial charge in [-0.05, 0) is 19.1 Å². The number of rotatable bonds is 5. The van der Waals surface area contributed by atoms with E-state index in [4.69, 9.17) is 4.98 Å². The third-order valence-corrected chi connectivity index (χ3v) is 4.66. The number of thiazole rings is 1. The summed E-state index contributed by atoms with van der Waals surface area (Å²) in [5, 5.41) is 16.0. The van der Waals surface area contributed by atoms with E-state index in [-0.39, 0.29) is 5.41 Å². The molecular weight excluding hydrogens is 320 g/mol. The number of nitrogens with one attached hydrogen (secondary N) is 1. The summed E-state index contributed by atoms with van der Waals surface area (Å²) in [5.41, 5.74) is 3.18. The fourth-order valence-corrected chi connectivity index (χ4v) is 3.48. The van der Waals surface area contributed by atoms with Crippen molar-refractivity contribution in [3.05, 3.63) is 40.3 Å². The predicted octanol–water partition coefficient (Wildman–Crippen LogP) is 3.63. The van der Waals surface area contributed by atoms with Crippen LogP contribution in [0.5, 0.6) is 0 Å². The van der Waals surface area contributed by atoms with Crippen LogP contribution in [0.15, 0.2) is 29.6 Å². The lowest BCUT2D eigenvalue weighted by Crippen LogP contribution is -2.18. The van der Waals surface area contributed by atoms with Crippen molar-refractivity contribution in [3.8, 4) is 0 Å². The molecule has 6 heteroatoms. The highest BCUT2D eigenvalue weighted by molar-refractivity contribution is 7.09. The van der Waals surface area contributed by atoms with E-state index < -0.39 is 6.10 Å². The molecule has 0 saturated heterocycles. The summed E-state index contributed by atoms with van der Waals surface area (Å²) in [4.78, 5) is 9.45. The van der Waals surface area contributed by atoms with Gasteiger partial charge in [0.15, 0.2) is 0 Å². The van der Waals surface area contributed by atoms with Crippen LogP contribution in [0.2, 0.25) is 0 Å². The molecule has 0 saturated carbocycles. The van der Waals surface area contributed by atoms with Crippen LogP contribution >= 0.6 is 11.3 Å². The molecule has 2 aromatic heterocycles. The van der Waals surface area contributed by atoms with Gasteiger partial charge in [0.05, 0.1) is 29.4 Å². The molecule has 0 amide bonds. The highest BCUT2D eigenvalue weighted by atomic mass is 32.1. The van der Waals surface area contributed by atoms with Crippen LogP contribution in [-0.4, -0.2) is 32.3 Å². The monoisotopic (exact) mass is 344 g/mol. The van der Waals surface area contributed by atoms with Gasteiger partial charge in [-0.25, -0.2) is 9.97 Å². The van der Waals surface area contributed by atoms with Crippen molar-refractivity contribution in [2.75, 3.05) is 11.9 Å². The number of aliphatic hydroxyl groups excluding tert-OH is 1. The van der Waals surface area contributed by atoms with Gasteiger partial charge in [-0.15, -0.1) is 11.3 Å². The fourth-order valence-electron chi connectivity index (χ4n) is 2.47. The van der Waals surface area contributed by atoms with Crippen molar-refractivity contribution in [2.24, 2.45) is 0 Å². The van der Waals surface area contributed by atoms with Crippen molar-refractivity contribution >= 4 is 28.3 Å². The van der Waals surface area contributed by atoms with Gasteiger partial charge in [0.1, 0.15) is 5.01 Å². The Morgan fingerprint density at radius 3 is 2.67 bits per heavy atom. The van der Waals surface area contributed by atoms with Crippen molar-refractivity contribution in [1.82, 2.24) is 14.5 Å². The fraction of sp³-hybridized carbons (Fsp3) is 0.444. The SMILES string of the molecule is CC(O)CNc1nc2ccccc2n1Cc1nc(C(C)(C)C)cs1. The normalized spacial score (nSPS) is 13.4. The van der Waals surface area contributed by atoms with E-state index in [1.165, 1.54) is 0 Å². The molecule has 1 atom stereocenters. The molecule has 0 aliphatic rings. The number of benzene rings is 1. The maximum atomic E-state index is 9.55. The van der Waals surface area contributed by atoms with E-state index in [2.05, 4.69) is 47.1 Å². The minimum atomic E-state index is -0.425. The summed E-state index contributed by atoms with van der Waals surface area (Å²) in [6.07, 6.45) is -0.425. The molecule has 24 heavy (non-hydrogen) atoms. The first-order valence-corrected chi connectivity index (χ1v) is 9.04. The van der Waals surface area contributed by atoms with Crippen LogP contribution in [0, 0.1) is 0 Å². The molecule has 0 bridgehead atoms. The number of nitrogens with zero attached hydrogens (tertiary/aromatic N) is 3. The molecule has 0 radical (unpaired) electrons. The largest absolute Gasteiger partial charge is 0.392 e. The zero-order chi connectivity index (χ0) is 17.3. The molecule has 2 heterocycles. The smallest absolute Gasteiger partial charge is 0.204 e. The number of imidazole rings is 1. The molecule has 0 spiro atoms. The Hall–Kier alpha value is -1.92. The standard InChI is InChI=1S/C18H24N4OS/c1-12(23)9-19-17-20-13-7-5-6-8-14(13)22(17)10-16-21-15(11-24-16)18(2,3)4/h5-8,11-12,23H,9-10H2,1-4H3,(H,19,20). The summed E-state index contributed by atoms with van der Waals surface area (Å²) in [6.45, 7) is 9.42. The Labute approximate surface area is 146 Å². The Balaban J connectivity index is 1.94. The second-order valence-electron chi connectivity index (χ2n) is 7.12. The van der Waals surface area contributed by atoms with Crippen molar-refractivity contribution in [2.45, 2.75) is 45.8 Å². The summed E-state index contributed by atoms with van der Waals surface area (Å²) in [6, 6.07) is 8.07. The summed E-state index contributed by atoms with van der Waals surface area (Å²) < 4.78 is 2.13. The molecule has 0 aliphatic carbocycles. The Morgan fingerprint density at radius 2 is 2.00 bits per heavy atom. The highest BCUT2D eigenvalue weighted by Gasteiger charge is 2.18. The van der Waals surface area contributed by atoms with Crippen LogP contribution in [-0.2, 0) is 12.0 Å². The first kappa shape index (κ1) is 16.9. The van der Waals surface area contributed by atoms with E-state index in [9.17, 15) is 5.11 Å². The van der Waals surface area contributed by atoms with Gasteiger partial charge in [0.2, 0.25) is 5.95 Å². The molecule has 5 nitrogen and oxygen atoms in total. The number of anilines is 1. The van der Waals surface area contributed by atoms with E-state index in [1.54, 1.807) is 18.3 Å². The molecule has 1 aromatic carbocycles. The molecule has 0 aliphatic heterocycles. The first-order chi connectivity index (χ1) is 11.3. The second kappa shape index (κ2) is 6.53. The quantitative estimate of drug-likeness (QED) is 0.742. The summed E-state index contributed by atoms with van der Waals surface area (Å²) >= 11 is 1.68. The van der Waals surface area contributed by atoms with E-state index in [1.807, 2.05) is 18.2 Å². The van der Waals surface area contributed by atoms with Crippen molar-refractivity contribution in [3.63, 3.8) is 0 Å². The predicted molar refractivity (Wildman–Crippen MR) is 99.8 cm³/mol. The maximum absolute atomic E-state index is 9.55. The molecule has 128 valence electrons. The second-order valence-corrected chi connectivity index (χ2v) is 8.06. The number of aliphatic hydroxyl groups is 1. The lowest BCUT2D eigenvalue weighted by Gasteiger charge is -2.14. The molecule has 3 aromatic rings. The number of hydrogen-bond donors (Lipinski definition) is 2. The third-order valence-electron chi connectivity index (χ3n) is 3.82. The minimum absolute atomic E-state index is 0.0547. The topological polar surface area (TPSA) is 63.0 Å². The van der Waals surface area contributed by atoms with Gasteiger partial charge in [-0.1, -0.05) is 32.9 Å². The zero-order valence-electron chi connectivity index (χ0n) is 14.6. The van der Waals surface area contributed by atoms with Crippen LogP contribution in [0.25, 0.3) is 11.0 Å². The number of aromatic nitrogens is 3. The number of hydrogen-bond acceptors (Lipinski definition) is 5. The average Bonchev–Trinajstić information content (AvgIpc) is 3.11. The Kier molecular flexibility index (Phi) is 4.60. The number of para-hydroxylation sites is 2. The highest BCUT2D eigenvalue weighted by Crippen LogP contribution is 2.26. The van der Waals surface area contributed by atoms with Crippen LogP contribution in [0.1, 0.15) is 38.4 Å². The first-order valence-electron chi connectivity index (χ1n) is 8.16. The molecular formula is C18H24N4OS. The van der Waals surface area contributed by atoms with E-state index >= 15 is 0 Å². The van der Waals surface area contributed by atoms with E-state index in [0.717, 1.165) is 27.7 Å².